The van der Waals surface area contributed by atoms with Gasteiger partial charge in [-0.2, -0.15) is 0 Å². The van der Waals surface area contributed by atoms with Crippen LogP contribution in [0, 0.1) is 11.7 Å². The molecule has 3 N–H and O–H groups in total. The number of nitrogens with zero attached hydrogens (tertiary/aromatic N) is 1. The number of hydrogen-bond donors (Lipinski definition) is 2. The minimum absolute atomic E-state index is 0.0234. The SMILES string of the molecule is CCCC(C)CC(NN)c1cncc(F)c1. The van der Waals surface area contributed by atoms with Crippen molar-refractivity contribution in [1.82, 2.24) is 10.4 Å². The largest absolute Gasteiger partial charge is 0.271 e. The van der Waals surface area contributed by atoms with Gasteiger partial charge in [-0.15, -0.1) is 0 Å². The molecule has 0 amide bonds. The quantitative estimate of drug-likeness (QED) is 0.578. The average Bonchev–Trinajstić information content (AvgIpc) is 2.26. The highest BCUT2D eigenvalue weighted by Gasteiger charge is 2.14. The Bertz CT molecular complexity index is 317. The average molecular weight is 225 g/mol. The molecule has 90 valence electrons. The molecule has 3 nitrogen and oxygen atoms in total. The van der Waals surface area contributed by atoms with Crippen molar-refractivity contribution in [2.45, 2.75) is 39.2 Å². The number of hydrazine groups is 1. The predicted molar refractivity (Wildman–Crippen MR) is 62.9 cm³/mol. The topological polar surface area (TPSA) is 50.9 Å². The molecule has 16 heavy (non-hydrogen) atoms. The molecule has 1 rings (SSSR count). The maximum absolute atomic E-state index is 13.0. The van der Waals surface area contributed by atoms with Gasteiger partial charge in [0.1, 0.15) is 5.82 Å². The number of rotatable bonds is 6. The van der Waals surface area contributed by atoms with E-state index in [4.69, 9.17) is 5.84 Å². The fraction of sp³-hybridized carbons (Fsp3) is 0.583. The van der Waals surface area contributed by atoms with Crippen LogP contribution in [-0.2, 0) is 0 Å². The van der Waals surface area contributed by atoms with Crippen LogP contribution in [0.5, 0.6) is 0 Å². The second-order valence-corrected chi connectivity index (χ2v) is 4.29. The van der Waals surface area contributed by atoms with Gasteiger partial charge in [-0.25, -0.2) is 4.39 Å². The third-order valence-corrected chi connectivity index (χ3v) is 2.75. The summed E-state index contributed by atoms with van der Waals surface area (Å²) in [6.07, 6.45) is 6.06. The van der Waals surface area contributed by atoms with E-state index >= 15 is 0 Å². The van der Waals surface area contributed by atoms with Gasteiger partial charge in [-0.3, -0.25) is 16.3 Å². The van der Waals surface area contributed by atoms with Crippen molar-refractivity contribution in [3.05, 3.63) is 29.8 Å². The Morgan fingerprint density at radius 2 is 2.25 bits per heavy atom. The van der Waals surface area contributed by atoms with E-state index in [-0.39, 0.29) is 11.9 Å². The number of nitrogens with two attached hydrogens (primary N) is 1. The molecule has 1 aromatic heterocycles. The summed E-state index contributed by atoms with van der Waals surface area (Å²) in [6.45, 7) is 4.34. The third-order valence-electron chi connectivity index (χ3n) is 2.75. The number of hydrogen-bond acceptors (Lipinski definition) is 3. The first-order valence-electron chi connectivity index (χ1n) is 5.74. The van der Waals surface area contributed by atoms with Crippen molar-refractivity contribution in [1.29, 1.82) is 0 Å². The fourth-order valence-electron chi connectivity index (χ4n) is 1.93. The maximum atomic E-state index is 13.0. The summed E-state index contributed by atoms with van der Waals surface area (Å²) in [4.78, 5) is 3.84. The van der Waals surface area contributed by atoms with Crippen LogP contribution >= 0.6 is 0 Å². The lowest BCUT2D eigenvalue weighted by Gasteiger charge is -2.20. The van der Waals surface area contributed by atoms with Crippen LogP contribution in [0.4, 0.5) is 4.39 Å². The van der Waals surface area contributed by atoms with Crippen molar-refractivity contribution >= 4 is 0 Å². The smallest absolute Gasteiger partial charge is 0.141 e. The standard InChI is InChI=1S/C12H20FN3/c1-3-4-9(2)5-12(16-14)10-6-11(13)8-15-7-10/h6-9,12,16H,3-5,14H2,1-2H3. The molecule has 0 bridgehead atoms. The molecule has 0 aromatic carbocycles. The molecule has 0 aliphatic carbocycles. The van der Waals surface area contributed by atoms with Crippen LogP contribution in [0.25, 0.3) is 0 Å². The monoisotopic (exact) mass is 225 g/mol. The van der Waals surface area contributed by atoms with E-state index < -0.39 is 0 Å². The molecule has 4 heteroatoms. The Morgan fingerprint density at radius 3 is 2.81 bits per heavy atom. The van der Waals surface area contributed by atoms with Gasteiger partial charge < -0.3 is 0 Å². The molecular formula is C12H20FN3. The van der Waals surface area contributed by atoms with E-state index in [0.29, 0.717) is 5.92 Å². The number of aromatic nitrogens is 1. The number of pyridine rings is 1. The molecule has 1 heterocycles. The zero-order chi connectivity index (χ0) is 12.0. The van der Waals surface area contributed by atoms with Crippen molar-refractivity contribution < 1.29 is 4.39 Å². The van der Waals surface area contributed by atoms with E-state index in [0.717, 1.165) is 24.8 Å². The van der Waals surface area contributed by atoms with Gasteiger partial charge >= 0.3 is 0 Å². The molecule has 0 radical (unpaired) electrons. The number of nitrogens with one attached hydrogen (secondary N) is 1. The summed E-state index contributed by atoms with van der Waals surface area (Å²) in [6, 6.07) is 1.46. The summed E-state index contributed by atoms with van der Waals surface area (Å²) < 4.78 is 13.0. The zero-order valence-corrected chi connectivity index (χ0v) is 9.91. The molecule has 0 saturated carbocycles. The molecule has 0 aliphatic heterocycles. The lowest BCUT2D eigenvalue weighted by Crippen LogP contribution is -2.29. The highest BCUT2D eigenvalue weighted by molar-refractivity contribution is 5.14. The molecule has 2 atom stereocenters. The number of halogens is 1. The maximum Gasteiger partial charge on any atom is 0.141 e. The van der Waals surface area contributed by atoms with Gasteiger partial charge in [0.05, 0.1) is 6.20 Å². The van der Waals surface area contributed by atoms with Gasteiger partial charge in [0.25, 0.3) is 0 Å². The van der Waals surface area contributed by atoms with Crippen LogP contribution in [0.1, 0.15) is 44.7 Å². The van der Waals surface area contributed by atoms with Gasteiger partial charge in [0.15, 0.2) is 0 Å². The second-order valence-electron chi connectivity index (χ2n) is 4.29. The van der Waals surface area contributed by atoms with E-state index in [1.54, 1.807) is 6.20 Å². The highest BCUT2D eigenvalue weighted by Crippen LogP contribution is 2.22. The third kappa shape index (κ3) is 3.87. The zero-order valence-electron chi connectivity index (χ0n) is 9.91. The Kier molecular flexibility index (Phi) is 5.35. The van der Waals surface area contributed by atoms with Gasteiger partial charge in [-0.05, 0) is 24.0 Å². The summed E-state index contributed by atoms with van der Waals surface area (Å²) in [5, 5.41) is 0. The first-order chi connectivity index (χ1) is 7.67. The van der Waals surface area contributed by atoms with Crippen LogP contribution in [-0.4, -0.2) is 4.98 Å². The van der Waals surface area contributed by atoms with E-state index in [1.165, 1.54) is 12.3 Å². The van der Waals surface area contributed by atoms with Crippen LogP contribution in [0.3, 0.4) is 0 Å². The van der Waals surface area contributed by atoms with Crippen molar-refractivity contribution in [2.75, 3.05) is 0 Å². The second kappa shape index (κ2) is 6.55. The van der Waals surface area contributed by atoms with E-state index in [1.807, 2.05) is 0 Å². The molecule has 0 saturated heterocycles. The lowest BCUT2D eigenvalue weighted by molar-refractivity contribution is 0.393. The Morgan fingerprint density at radius 1 is 1.50 bits per heavy atom. The van der Waals surface area contributed by atoms with Crippen LogP contribution < -0.4 is 11.3 Å². The van der Waals surface area contributed by atoms with Crippen LogP contribution in [0.15, 0.2) is 18.5 Å². The summed E-state index contributed by atoms with van der Waals surface area (Å²) in [5.41, 5.74) is 3.54. The molecule has 1 aromatic rings. The van der Waals surface area contributed by atoms with Crippen molar-refractivity contribution in [3.63, 3.8) is 0 Å². The Hall–Kier alpha value is -1.00. The normalized spacial score (nSPS) is 14.8. The van der Waals surface area contributed by atoms with Crippen LogP contribution in [0.2, 0.25) is 0 Å². The molecule has 0 fully saturated rings. The summed E-state index contributed by atoms with van der Waals surface area (Å²) in [5.74, 6) is 5.74. The van der Waals surface area contributed by atoms with Crippen molar-refractivity contribution in [3.8, 4) is 0 Å². The fourth-order valence-corrected chi connectivity index (χ4v) is 1.93. The predicted octanol–water partition coefficient (Wildman–Crippen LogP) is 2.55. The Balaban J connectivity index is 2.67. The molecule has 0 aliphatic rings. The lowest BCUT2D eigenvalue weighted by atomic mass is 9.94. The first kappa shape index (κ1) is 13.1. The minimum Gasteiger partial charge on any atom is -0.271 e. The molecular weight excluding hydrogens is 205 g/mol. The van der Waals surface area contributed by atoms with E-state index in [9.17, 15) is 4.39 Å². The molecule has 0 spiro atoms. The summed E-state index contributed by atoms with van der Waals surface area (Å²) in [7, 11) is 0. The molecule has 2 unspecified atom stereocenters. The van der Waals surface area contributed by atoms with E-state index in [2.05, 4.69) is 24.3 Å². The summed E-state index contributed by atoms with van der Waals surface area (Å²) >= 11 is 0. The van der Waals surface area contributed by atoms with Crippen molar-refractivity contribution in [2.24, 2.45) is 11.8 Å². The van der Waals surface area contributed by atoms with Gasteiger partial charge in [0.2, 0.25) is 0 Å². The van der Waals surface area contributed by atoms with Gasteiger partial charge in [0, 0.05) is 12.2 Å². The Labute approximate surface area is 96.2 Å². The highest BCUT2D eigenvalue weighted by atomic mass is 19.1. The first-order valence-corrected chi connectivity index (χ1v) is 5.74. The van der Waals surface area contributed by atoms with Gasteiger partial charge in [-0.1, -0.05) is 26.7 Å². The minimum atomic E-state index is -0.319.